The SMILES string of the molecule is CNCc1ccccc1NC(=O)c1ccncc1Cl. The van der Waals surface area contributed by atoms with Gasteiger partial charge in [0.1, 0.15) is 0 Å². The normalized spacial score (nSPS) is 10.2. The number of carbonyl (C=O) groups is 1. The summed E-state index contributed by atoms with van der Waals surface area (Å²) in [5.41, 5.74) is 2.20. The molecule has 19 heavy (non-hydrogen) atoms. The summed E-state index contributed by atoms with van der Waals surface area (Å²) in [4.78, 5) is 16.0. The largest absolute Gasteiger partial charge is 0.322 e. The molecule has 0 aliphatic heterocycles. The molecule has 98 valence electrons. The number of para-hydroxylation sites is 1. The Labute approximate surface area is 116 Å². The van der Waals surface area contributed by atoms with E-state index in [1.54, 1.807) is 12.3 Å². The monoisotopic (exact) mass is 275 g/mol. The predicted molar refractivity (Wildman–Crippen MR) is 76.4 cm³/mol. The average Bonchev–Trinajstić information content (AvgIpc) is 2.41. The number of anilines is 1. The number of aromatic nitrogens is 1. The Morgan fingerprint density at radius 3 is 2.84 bits per heavy atom. The fraction of sp³-hybridized carbons (Fsp3) is 0.143. The second kappa shape index (κ2) is 6.31. The molecule has 1 heterocycles. The molecule has 4 nitrogen and oxygen atoms in total. The topological polar surface area (TPSA) is 54.0 Å². The highest BCUT2D eigenvalue weighted by Crippen LogP contribution is 2.19. The summed E-state index contributed by atoms with van der Waals surface area (Å²) >= 11 is 5.95. The number of carbonyl (C=O) groups excluding carboxylic acids is 1. The van der Waals surface area contributed by atoms with E-state index in [1.165, 1.54) is 6.20 Å². The van der Waals surface area contributed by atoms with Gasteiger partial charge in [0.2, 0.25) is 0 Å². The highest BCUT2D eigenvalue weighted by molar-refractivity contribution is 6.34. The molecule has 5 heteroatoms. The minimum atomic E-state index is -0.240. The van der Waals surface area contributed by atoms with Gasteiger partial charge in [-0.1, -0.05) is 29.8 Å². The molecular weight excluding hydrogens is 262 g/mol. The third-order valence-corrected chi connectivity index (χ3v) is 2.95. The van der Waals surface area contributed by atoms with Crippen LogP contribution in [0.4, 0.5) is 5.69 Å². The highest BCUT2D eigenvalue weighted by Gasteiger charge is 2.11. The van der Waals surface area contributed by atoms with Crippen molar-refractivity contribution in [1.82, 2.24) is 10.3 Å². The third-order valence-electron chi connectivity index (χ3n) is 2.65. The zero-order valence-corrected chi connectivity index (χ0v) is 11.2. The second-order valence-corrected chi connectivity index (χ2v) is 4.40. The number of hydrogen-bond acceptors (Lipinski definition) is 3. The molecular formula is C14H14ClN3O. The van der Waals surface area contributed by atoms with Gasteiger partial charge in [0.25, 0.3) is 5.91 Å². The minimum Gasteiger partial charge on any atom is -0.322 e. The summed E-state index contributed by atoms with van der Waals surface area (Å²) in [7, 11) is 1.86. The molecule has 2 rings (SSSR count). The summed E-state index contributed by atoms with van der Waals surface area (Å²) in [5, 5.41) is 6.26. The first-order valence-electron chi connectivity index (χ1n) is 5.85. The number of nitrogens with one attached hydrogen (secondary N) is 2. The summed E-state index contributed by atoms with van der Waals surface area (Å²) in [6.07, 6.45) is 3.00. The van der Waals surface area contributed by atoms with E-state index in [9.17, 15) is 4.79 Å². The lowest BCUT2D eigenvalue weighted by molar-refractivity contribution is 0.102. The van der Waals surface area contributed by atoms with Crippen LogP contribution in [0.1, 0.15) is 15.9 Å². The molecule has 1 aromatic heterocycles. The number of pyridine rings is 1. The van der Waals surface area contributed by atoms with Crippen molar-refractivity contribution in [2.75, 3.05) is 12.4 Å². The molecule has 0 fully saturated rings. The fourth-order valence-electron chi connectivity index (χ4n) is 1.74. The lowest BCUT2D eigenvalue weighted by Crippen LogP contribution is -2.15. The van der Waals surface area contributed by atoms with Crippen LogP contribution >= 0.6 is 11.6 Å². The zero-order valence-electron chi connectivity index (χ0n) is 10.5. The molecule has 0 saturated carbocycles. The van der Waals surface area contributed by atoms with E-state index < -0.39 is 0 Å². The Morgan fingerprint density at radius 1 is 1.32 bits per heavy atom. The van der Waals surface area contributed by atoms with Gasteiger partial charge in [-0.15, -0.1) is 0 Å². The van der Waals surface area contributed by atoms with Gasteiger partial charge >= 0.3 is 0 Å². The lowest BCUT2D eigenvalue weighted by atomic mass is 10.1. The Kier molecular flexibility index (Phi) is 4.49. The van der Waals surface area contributed by atoms with Gasteiger partial charge in [0, 0.05) is 24.6 Å². The van der Waals surface area contributed by atoms with Crippen LogP contribution in [0.2, 0.25) is 5.02 Å². The maximum absolute atomic E-state index is 12.1. The molecule has 0 atom stereocenters. The highest BCUT2D eigenvalue weighted by atomic mass is 35.5. The Morgan fingerprint density at radius 2 is 2.11 bits per heavy atom. The summed E-state index contributed by atoms with van der Waals surface area (Å²) in [6.45, 7) is 0.681. The molecule has 0 radical (unpaired) electrons. The van der Waals surface area contributed by atoms with E-state index in [0.717, 1.165) is 11.3 Å². The molecule has 0 saturated heterocycles. The Hall–Kier alpha value is -1.91. The smallest absolute Gasteiger partial charge is 0.257 e. The van der Waals surface area contributed by atoms with Crippen molar-refractivity contribution in [3.8, 4) is 0 Å². The molecule has 0 aliphatic carbocycles. The number of hydrogen-bond donors (Lipinski definition) is 2. The number of amides is 1. The van der Waals surface area contributed by atoms with Crippen LogP contribution in [0.3, 0.4) is 0 Å². The van der Waals surface area contributed by atoms with Crippen LogP contribution in [-0.4, -0.2) is 17.9 Å². The maximum Gasteiger partial charge on any atom is 0.257 e. The van der Waals surface area contributed by atoms with Crippen molar-refractivity contribution in [3.63, 3.8) is 0 Å². The fourth-order valence-corrected chi connectivity index (χ4v) is 1.94. The standard InChI is InChI=1S/C14H14ClN3O/c1-16-8-10-4-2-3-5-13(10)18-14(19)11-6-7-17-9-12(11)15/h2-7,9,16H,8H2,1H3,(H,18,19). The van der Waals surface area contributed by atoms with Gasteiger partial charge in [-0.3, -0.25) is 9.78 Å². The molecule has 0 unspecified atom stereocenters. The van der Waals surface area contributed by atoms with Gasteiger partial charge in [0.15, 0.2) is 0 Å². The summed E-state index contributed by atoms with van der Waals surface area (Å²) < 4.78 is 0. The van der Waals surface area contributed by atoms with E-state index in [4.69, 9.17) is 11.6 Å². The minimum absolute atomic E-state index is 0.240. The molecule has 0 aliphatic rings. The van der Waals surface area contributed by atoms with Crippen LogP contribution in [0.5, 0.6) is 0 Å². The number of rotatable bonds is 4. The predicted octanol–water partition coefficient (Wildman–Crippen LogP) is 2.71. The molecule has 0 bridgehead atoms. The van der Waals surface area contributed by atoms with Crippen LogP contribution in [0.15, 0.2) is 42.7 Å². The van der Waals surface area contributed by atoms with Gasteiger partial charge < -0.3 is 10.6 Å². The van der Waals surface area contributed by atoms with Crippen molar-refractivity contribution < 1.29 is 4.79 Å². The van der Waals surface area contributed by atoms with E-state index in [1.807, 2.05) is 31.3 Å². The van der Waals surface area contributed by atoms with Crippen molar-refractivity contribution in [1.29, 1.82) is 0 Å². The van der Waals surface area contributed by atoms with E-state index in [0.29, 0.717) is 17.1 Å². The first-order chi connectivity index (χ1) is 9.22. The van der Waals surface area contributed by atoms with Crippen molar-refractivity contribution in [3.05, 3.63) is 58.9 Å². The van der Waals surface area contributed by atoms with Gasteiger partial charge in [-0.05, 0) is 24.7 Å². The molecule has 2 N–H and O–H groups in total. The molecule has 1 aromatic carbocycles. The summed E-state index contributed by atoms with van der Waals surface area (Å²) in [5.74, 6) is -0.240. The van der Waals surface area contributed by atoms with Gasteiger partial charge in [-0.25, -0.2) is 0 Å². The first kappa shape index (κ1) is 13.5. The summed E-state index contributed by atoms with van der Waals surface area (Å²) in [6, 6.07) is 9.23. The van der Waals surface area contributed by atoms with Crippen molar-refractivity contribution >= 4 is 23.2 Å². The third kappa shape index (κ3) is 3.30. The van der Waals surface area contributed by atoms with Gasteiger partial charge in [-0.2, -0.15) is 0 Å². The maximum atomic E-state index is 12.1. The van der Waals surface area contributed by atoms with Crippen LogP contribution in [0, 0.1) is 0 Å². The number of halogens is 1. The molecule has 0 spiro atoms. The van der Waals surface area contributed by atoms with Crippen molar-refractivity contribution in [2.24, 2.45) is 0 Å². The zero-order chi connectivity index (χ0) is 13.7. The van der Waals surface area contributed by atoms with Crippen molar-refractivity contribution in [2.45, 2.75) is 6.54 Å². The second-order valence-electron chi connectivity index (χ2n) is 4.00. The van der Waals surface area contributed by atoms with Crippen LogP contribution in [-0.2, 0) is 6.54 Å². The van der Waals surface area contributed by atoms with Gasteiger partial charge in [0.05, 0.1) is 10.6 Å². The Bertz CT molecular complexity index is 586. The first-order valence-corrected chi connectivity index (χ1v) is 6.23. The van der Waals surface area contributed by atoms with E-state index >= 15 is 0 Å². The Balaban J connectivity index is 2.22. The van der Waals surface area contributed by atoms with Crippen LogP contribution in [0.25, 0.3) is 0 Å². The van der Waals surface area contributed by atoms with E-state index in [2.05, 4.69) is 15.6 Å². The number of nitrogens with zero attached hydrogens (tertiary/aromatic N) is 1. The van der Waals surface area contributed by atoms with Crippen LogP contribution < -0.4 is 10.6 Å². The van der Waals surface area contributed by atoms with E-state index in [-0.39, 0.29) is 5.91 Å². The molecule has 2 aromatic rings. The quantitative estimate of drug-likeness (QED) is 0.902. The molecule has 1 amide bonds. The average molecular weight is 276 g/mol. The lowest BCUT2D eigenvalue weighted by Gasteiger charge is -2.11. The number of benzene rings is 1.